The van der Waals surface area contributed by atoms with Gasteiger partial charge in [-0.25, -0.2) is 0 Å². The molecule has 0 aliphatic rings. The van der Waals surface area contributed by atoms with Gasteiger partial charge in [-0.2, -0.15) is 0 Å². The maximum atomic E-state index is 2.17. The van der Waals surface area contributed by atoms with E-state index in [2.05, 4.69) is 114 Å². The third-order valence-electron chi connectivity index (χ3n) is 3.65. The van der Waals surface area contributed by atoms with Gasteiger partial charge in [0, 0.05) is 0 Å². The molecule has 0 radical (unpaired) electrons. The highest BCUT2D eigenvalue weighted by Crippen LogP contribution is 2.19. The second-order valence-electron chi connectivity index (χ2n) is 6.59. The van der Waals surface area contributed by atoms with Crippen LogP contribution in [0.2, 0.25) is 0 Å². The molecule has 0 aromatic heterocycles. The predicted octanol–water partition coefficient (Wildman–Crippen LogP) is 7.69. The molecule has 0 spiro atoms. The second-order valence-corrected chi connectivity index (χ2v) is 6.59. The first-order valence-corrected chi connectivity index (χ1v) is 9.13. The molecular weight excluding hydrogens is 300 g/mol. The quantitative estimate of drug-likeness (QED) is 0.428. The monoisotopic (exact) mass is 332 g/mol. The lowest BCUT2D eigenvalue weighted by Crippen LogP contribution is -1.78. The number of rotatable bonds is 1. The van der Waals surface area contributed by atoms with Crippen LogP contribution in [0, 0.1) is 27.7 Å². The zero-order valence-corrected chi connectivity index (χ0v) is 16.6. The van der Waals surface area contributed by atoms with Gasteiger partial charge >= 0.3 is 0 Å². The highest BCUT2D eigenvalue weighted by atomic mass is 14.0. The predicted molar refractivity (Wildman–Crippen MR) is 113 cm³/mol. The Balaban J connectivity index is 0.000000241. The van der Waals surface area contributed by atoms with Gasteiger partial charge in [0.05, 0.1) is 0 Å². The molecule has 3 rings (SSSR count). The van der Waals surface area contributed by atoms with Gasteiger partial charge in [-0.05, 0) is 38.8 Å². The first-order chi connectivity index (χ1) is 12.0. The molecule has 0 nitrogen and oxygen atoms in total. The van der Waals surface area contributed by atoms with Gasteiger partial charge in [-0.3, -0.25) is 0 Å². The molecule has 0 aliphatic heterocycles. The summed E-state index contributed by atoms with van der Waals surface area (Å²) in [6.45, 7) is 12.7. The summed E-state index contributed by atoms with van der Waals surface area (Å²) in [6, 6.07) is 25.7. The summed E-state index contributed by atoms with van der Waals surface area (Å²) in [5, 5.41) is 0. The summed E-state index contributed by atoms with van der Waals surface area (Å²) in [5.41, 5.74) is 7.85. The van der Waals surface area contributed by atoms with Crippen molar-refractivity contribution in [2.24, 2.45) is 0 Å². The first kappa shape index (κ1) is 20.7. The average molecular weight is 333 g/mol. The van der Waals surface area contributed by atoms with Gasteiger partial charge in [0.2, 0.25) is 0 Å². The van der Waals surface area contributed by atoms with Crippen LogP contribution in [-0.4, -0.2) is 0 Å². The smallest absolute Gasteiger partial charge is 0.0184 e. The lowest BCUT2D eigenvalue weighted by molar-refractivity contribution is 1.09. The lowest BCUT2D eigenvalue weighted by Gasteiger charge is -2.02. The van der Waals surface area contributed by atoms with Crippen molar-refractivity contribution >= 4 is 0 Å². The SMILES string of the molecule is CCC.Cc1ccc(-c2ccc(C)cc2)cc1.Cc1ccc(C)cc1. The minimum absolute atomic E-state index is 1.25. The molecule has 3 aromatic carbocycles. The van der Waals surface area contributed by atoms with Crippen LogP contribution in [0.15, 0.2) is 72.8 Å². The van der Waals surface area contributed by atoms with E-state index in [-0.39, 0.29) is 0 Å². The molecule has 0 bridgehead atoms. The van der Waals surface area contributed by atoms with Gasteiger partial charge in [0.25, 0.3) is 0 Å². The summed E-state index contributed by atoms with van der Waals surface area (Å²) < 4.78 is 0. The number of hydrogen-bond acceptors (Lipinski definition) is 0. The van der Waals surface area contributed by atoms with E-state index in [9.17, 15) is 0 Å². The summed E-state index contributed by atoms with van der Waals surface area (Å²) in [6.07, 6.45) is 1.25. The van der Waals surface area contributed by atoms with E-state index in [0.29, 0.717) is 0 Å². The fourth-order valence-electron chi connectivity index (χ4n) is 2.13. The number of aryl methyl sites for hydroxylation is 4. The molecule has 0 aliphatic carbocycles. The van der Waals surface area contributed by atoms with Crippen LogP contribution in [0.5, 0.6) is 0 Å². The van der Waals surface area contributed by atoms with E-state index in [0.717, 1.165) is 0 Å². The maximum absolute atomic E-state index is 2.17. The van der Waals surface area contributed by atoms with Crippen LogP contribution in [0.1, 0.15) is 42.5 Å². The van der Waals surface area contributed by atoms with Crippen molar-refractivity contribution in [1.82, 2.24) is 0 Å². The molecule has 25 heavy (non-hydrogen) atoms. The maximum Gasteiger partial charge on any atom is -0.0184 e. The topological polar surface area (TPSA) is 0 Å². The summed E-state index contributed by atoms with van der Waals surface area (Å²) in [4.78, 5) is 0. The molecule has 0 atom stereocenters. The number of hydrogen-bond donors (Lipinski definition) is 0. The van der Waals surface area contributed by atoms with E-state index >= 15 is 0 Å². The third-order valence-corrected chi connectivity index (χ3v) is 3.65. The Morgan fingerprint density at radius 3 is 0.760 bits per heavy atom. The van der Waals surface area contributed by atoms with E-state index in [1.165, 1.54) is 39.8 Å². The number of benzene rings is 3. The molecule has 0 fully saturated rings. The van der Waals surface area contributed by atoms with Gasteiger partial charge in [0.15, 0.2) is 0 Å². The largest absolute Gasteiger partial charge is 0.0656 e. The molecule has 132 valence electrons. The summed E-state index contributed by atoms with van der Waals surface area (Å²) in [7, 11) is 0. The summed E-state index contributed by atoms with van der Waals surface area (Å²) in [5.74, 6) is 0. The van der Waals surface area contributed by atoms with Crippen molar-refractivity contribution in [2.45, 2.75) is 48.0 Å². The van der Waals surface area contributed by atoms with Crippen LogP contribution >= 0.6 is 0 Å². The Kier molecular flexibility index (Phi) is 9.32. The van der Waals surface area contributed by atoms with Gasteiger partial charge < -0.3 is 0 Å². The Morgan fingerprint density at radius 1 is 0.400 bits per heavy atom. The molecule has 0 heteroatoms. The zero-order chi connectivity index (χ0) is 18.7. The van der Waals surface area contributed by atoms with Crippen molar-refractivity contribution in [3.05, 3.63) is 95.1 Å². The lowest BCUT2D eigenvalue weighted by atomic mass is 10.0. The van der Waals surface area contributed by atoms with Crippen LogP contribution in [0.25, 0.3) is 11.1 Å². The van der Waals surface area contributed by atoms with Crippen molar-refractivity contribution in [3.8, 4) is 11.1 Å². The average Bonchev–Trinajstić information content (AvgIpc) is 2.60. The normalized spacial score (nSPS) is 9.36. The van der Waals surface area contributed by atoms with Crippen molar-refractivity contribution in [3.63, 3.8) is 0 Å². The van der Waals surface area contributed by atoms with E-state index in [1.54, 1.807) is 0 Å². The second kappa shape index (κ2) is 11.3. The van der Waals surface area contributed by atoms with Crippen LogP contribution in [-0.2, 0) is 0 Å². The highest BCUT2D eigenvalue weighted by Gasteiger charge is 1.95. The van der Waals surface area contributed by atoms with Crippen molar-refractivity contribution in [1.29, 1.82) is 0 Å². The minimum atomic E-state index is 1.25. The van der Waals surface area contributed by atoms with Crippen LogP contribution in [0.4, 0.5) is 0 Å². The molecular formula is C25H32. The van der Waals surface area contributed by atoms with Gasteiger partial charge in [-0.1, -0.05) is 115 Å². The van der Waals surface area contributed by atoms with Crippen LogP contribution < -0.4 is 0 Å². The third kappa shape index (κ3) is 8.35. The molecule has 0 saturated heterocycles. The molecule has 0 amide bonds. The molecule has 0 unspecified atom stereocenters. The van der Waals surface area contributed by atoms with Crippen molar-refractivity contribution < 1.29 is 0 Å². The van der Waals surface area contributed by atoms with Crippen LogP contribution in [0.3, 0.4) is 0 Å². The highest BCUT2D eigenvalue weighted by molar-refractivity contribution is 5.63. The van der Waals surface area contributed by atoms with Gasteiger partial charge in [-0.15, -0.1) is 0 Å². The standard InChI is InChI=1S/C14H14.C8H10.C3H8/c1-11-3-7-13(8-4-11)14-9-5-12(2)6-10-14;1-7-3-5-8(2)6-4-7;1-3-2/h3-10H,1-2H3;3-6H,1-2H3;3H2,1-2H3. The molecule has 0 heterocycles. The van der Waals surface area contributed by atoms with E-state index in [4.69, 9.17) is 0 Å². The fraction of sp³-hybridized carbons (Fsp3) is 0.280. The van der Waals surface area contributed by atoms with E-state index in [1.807, 2.05) is 0 Å². The summed E-state index contributed by atoms with van der Waals surface area (Å²) >= 11 is 0. The van der Waals surface area contributed by atoms with Crippen molar-refractivity contribution in [2.75, 3.05) is 0 Å². The Bertz CT molecular complexity index is 637. The Labute approximate surface area is 154 Å². The zero-order valence-electron chi connectivity index (χ0n) is 16.6. The Morgan fingerprint density at radius 2 is 0.560 bits per heavy atom. The molecule has 0 saturated carbocycles. The molecule has 3 aromatic rings. The Hall–Kier alpha value is -2.34. The van der Waals surface area contributed by atoms with E-state index < -0.39 is 0 Å². The van der Waals surface area contributed by atoms with Gasteiger partial charge in [0.1, 0.15) is 0 Å². The first-order valence-electron chi connectivity index (χ1n) is 9.13. The molecule has 0 N–H and O–H groups in total. The fourth-order valence-corrected chi connectivity index (χ4v) is 2.13. The minimum Gasteiger partial charge on any atom is -0.0656 e.